The fraction of sp³-hybridized carbons (Fsp3) is 0.500. The first-order chi connectivity index (χ1) is 4.75. The van der Waals surface area contributed by atoms with Crippen LogP contribution in [0.1, 0.15) is 31.0 Å². The molecule has 1 radical (unpaired) electrons. The monoisotopic (exact) mass is 137 g/mol. The van der Waals surface area contributed by atoms with Crippen LogP contribution in [-0.4, -0.2) is 10.2 Å². The lowest BCUT2D eigenvalue weighted by Gasteiger charge is -2.00. The average Bonchev–Trinajstić information content (AvgIpc) is 2.33. The molecule has 0 aliphatic heterocycles. The Morgan fingerprint density at radius 3 is 2.80 bits per heavy atom. The van der Waals surface area contributed by atoms with Crippen molar-refractivity contribution in [3.05, 3.63) is 24.4 Å². The lowest BCUT2D eigenvalue weighted by molar-refractivity contribution is 0.800. The Hall–Kier alpha value is -0.790. The van der Waals surface area contributed by atoms with Gasteiger partial charge in [0, 0.05) is 6.20 Å². The van der Waals surface area contributed by atoms with Gasteiger partial charge in [-0.3, -0.25) is 5.10 Å². The van der Waals surface area contributed by atoms with Crippen molar-refractivity contribution in [1.82, 2.24) is 10.2 Å². The van der Waals surface area contributed by atoms with Crippen LogP contribution in [0.4, 0.5) is 0 Å². The molecule has 0 aliphatic carbocycles. The van der Waals surface area contributed by atoms with Gasteiger partial charge in [0.15, 0.2) is 0 Å². The summed E-state index contributed by atoms with van der Waals surface area (Å²) in [5.74, 6) is 0.503. The fourth-order valence-electron chi connectivity index (χ4n) is 1.03. The summed E-state index contributed by atoms with van der Waals surface area (Å²) >= 11 is 0. The van der Waals surface area contributed by atoms with Gasteiger partial charge in [-0.1, -0.05) is 13.8 Å². The largest absolute Gasteiger partial charge is 0.285 e. The van der Waals surface area contributed by atoms with E-state index in [0.29, 0.717) is 5.92 Å². The van der Waals surface area contributed by atoms with Crippen LogP contribution in [0.2, 0.25) is 0 Å². The van der Waals surface area contributed by atoms with Crippen LogP contribution in [-0.2, 0) is 6.42 Å². The van der Waals surface area contributed by atoms with Crippen molar-refractivity contribution in [3.63, 3.8) is 0 Å². The highest BCUT2D eigenvalue weighted by atomic mass is 15.1. The molecular formula is C8H13N2. The third kappa shape index (κ3) is 1.20. The molecule has 0 aromatic carbocycles. The first kappa shape index (κ1) is 7.32. The van der Waals surface area contributed by atoms with E-state index in [1.807, 2.05) is 6.20 Å². The molecule has 1 aromatic heterocycles. The molecule has 1 rings (SSSR count). The molecule has 2 nitrogen and oxygen atoms in total. The number of nitrogens with zero attached hydrogens (tertiary/aromatic N) is 1. The van der Waals surface area contributed by atoms with E-state index in [4.69, 9.17) is 0 Å². The summed E-state index contributed by atoms with van der Waals surface area (Å²) in [6, 6.07) is 0. The maximum Gasteiger partial charge on any atom is 0.0679 e. The Morgan fingerprint density at radius 2 is 2.40 bits per heavy atom. The molecule has 10 heavy (non-hydrogen) atoms. The summed E-state index contributed by atoms with van der Waals surface area (Å²) in [6.07, 6.45) is 2.74. The number of H-pyrrole nitrogens is 1. The van der Waals surface area contributed by atoms with Gasteiger partial charge in [0.2, 0.25) is 0 Å². The molecule has 0 saturated heterocycles. The molecule has 0 atom stereocenters. The van der Waals surface area contributed by atoms with Crippen molar-refractivity contribution in [1.29, 1.82) is 0 Å². The maximum atomic E-state index is 4.12. The van der Waals surface area contributed by atoms with Crippen molar-refractivity contribution in [2.45, 2.75) is 26.2 Å². The highest BCUT2D eigenvalue weighted by Gasteiger charge is 2.06. The van der Waals surface area contributed by atoms with Gasteiger partial charge < -0.3 is 0 Å². The van der Waals surface area contributed by atoms with Crippen LogP contribution >= 0.6 is 0 Å². The van der Waals surface area contributed by atoms with Crippen molar-refractivity contribution >= 4 is 0 Å². The van der Waals surface area contributed by atoms with Crippen molar-refractivity contribution in [3.8, 4) is 0 Å². The molecule has 1 heterocycles. The average molecular weight is 137 g/mol. The van der Waals surface area contributed by atoms with Crippen LogP contribution in [0, 0.1) is 6.92 Å². The van der Waals surface area contributed by atoms with Gasteiger partial charge in [0.1, 0.15) is 0 Å². The minimum Gasteiger partial charge on any atom is -0.285 e. The predicted molar refractivity (Wildman–Crippen MR) is 41.7 cm³/mol. The Kier molecular flexibility index (Phi) is 2.10. The van der Waals surface area contributed by atoms with E-state index in [0.717, 1.165) is 12.1 Å². The Labute approximate surface area is 61.7 Å². The summed E-state index contributed by atoms with van der Waals surface area (Å²) in [7, 11) is 0. The molecule has 2 heteroatoms. The first-order valence-electron chi connectivity index (χ1n) is 3.57. The highest BCUT2D eigenvalue weighted by Crippen LogP contribution is 2.15. The number of hydrogen-bond acceptors (Lipinski definition) is 1. The predicted octanol–water partition coefficient (Wildman–Crippen LogP) is 1.91. The third-order valence-corrected chi connectivity index (χ3v) is 1.57. The van der Waals surface area contributed by atoms with Crippen LogP contribution in [0.5, 0.6) is 0 Å². The number of aromatic nitrogens is 2. The van der Waals surface area contributed by atoms with Crippen LogP contribution in [0.3, 0.4) is 0 Å². The van der Waals surface area contributed by atoms with Gasteiger partial charge >= 0.3 is 0 Å². The van der Waals surface area contributed by atoms with Gasteiger partial charge in [0.05, 0.1) is 5.69 Å². The fourth-order valence-corrected chi connectivity index (χ4v) is 1.03. The van der Waals surface area contributed by atoms with Gasteiger partial charge in [0.25, 0.3) is 0 Å². The summed E-state index contributed by atoms with van der Waals surface area (Å²) < 4.78 is 0. The van der Waals surface area contributed by atoms with Crippen molar-refractivity contribution in [2.24, 2.45) is 0 Å². The second-order valence-electron chi connectivity index (χ2n) is 2.70. The Balaban J connectivity index is 2.90. The quantitative estimate of drug-likeness (QED) is 0.662. The van der Waals surface area contributed by atoms with Crippen molar-refractivity contribution < 1.29 is 0 Å². The molecule has 1 aromatic rings. The zero-order chi connectivity index (χ0) is 7.56. The number of rotatable bonds is 2. The molecular weight excluding hydrogens is 124 g/mol. The van der Waals surface area contributed by atoms with E-state index >= 15 is 0 Å². The minimum atomic E-state index is 0.503. The van der Waals surface area contributed by atoms with E-state index in [9.17, 15) is 0 Å². The van der Waals surface area contributed by atoms with E-state index in [1.165, 1.54) is 5.56 Å². The lowest BCUT2D eigenvalue weighted by Crippen LogP contribution is -1.92. The molecule has 0 amide bonds. The number of nitrogens with one attached hydrogen (secondary N) is 1. The normalized spacial score (nSPS) is 10.8. The topological polar surface area (TPSA) is 28.7 Å². The second kappa shape index (κ2) is 2.86. The highest BCUT2D eigenvalue weighted by molar-refractivity contribution is 5.19. The zero-order valence-electron chi connectivity index (χ0n) is 6.52. The van der Waals surface area contributed by atoms with Gasteiger partial charge in [-0.15, -0.1) is 0 Å². The molecule has 0 bridgehead atoms. The minimum absolute atomic E-state index is 0.503. The molecule has 1 N–H and O–H groups in total. The smallest absolute Gasteiger partial charge is 0.0679 e. The van der Waals surface area contributed by atoms with Crippen LogP contribution < -0.4 is 0 Å². The van der Waals surface area contributed by atoms with Crippen LogP contribution in [0.25, 0.3) is 0 Å². The number of aromatic amines is 1. The molecule has 0 fully saturated rings. The first-order valence-corrected chi connectivity index (χ1v) is 3.57. The molecule has 0 unspecified atom stereocenters. The van der Waals surface area contributed by atoms with E-state index in [1.54, 1.807) is 0 Å². The third-order valence-electron chi connectivity index (χ3n) is 1.57. The Bertz CT molecular complexity index is 201. The van der Waals surface area contributed by atoms with E-state index < -0.39 is 0 Å². The standard InChI is InChI=1S/C8H13N2/c1-4-7-5-9-10-8(7)6(2)3/h5-6H,1,4H2,2-3H3,(H,9,10). The van der Waals surface area contributed by atoms with Crippen LogP contribution in [0.15, 0.2) is 6.20 Å². The van der Waals surface area contributed by atoms with E-state index in [2.05, 4.69) is 31.0 Å². The summed E-state index contributed by atoms with van der Waals surface area (Å²) in [6.45, 7) is 8.08. The van der Waals surface area contributed by atoms with Crippen molar-refractivity contribution in [2.75, 3.05) is 0 Å². The molecule has 55 valence electrons. The zero-order valence-corrected chi connectivity index (χ0v) is 6.52. The Morgan fingerprint density at radius 1 is 1.70 bits per heavy atom. The lowest BCUT2D eigenvalue weighted by atomic mass is 10.1. The van der Waals surface area contributed by atoms with Gasteiger partial charge in [-0.25, -0.2) is 0 Å². The second-order valence-corrected chi connectivity index (χ2v) is 2.70. The van der Waals surface area contributed by atoms with Gasteiger partial charge in [-0.2, -0.15) is 5.10 Å². The molecule has 0 aliphatic rings. The molecule has 0 saturated carbocycles. The summed E-state index contributed by atoms with van der Waals surface area (Å²) in [4.78, 5) is 0. The summed E-state index contributed by atoms with van der Waals surface area (Å²) in [5, 5.41) is 6.96. The van der Waals surface area contributed by atoms with E-state index in [-0.39, 0.29) is 0 Å². The molecule has 0 spiro atoms. The number of hydrogen-bond donors (Lipinski definition) is 1. The summed E-state index contributed by atoms with van der Waals surface area (Å²) in [5.41, 5.74) is 2.38. The maximum absolute atomic E-state index is 4.12. The SMILES string of the molecule is [CH2]Cc1c[nH]nc1C(C)C. The van der Waals surface area contributed by atoms with Gasteiger partial charge in [-0.05, 0) is 24.8 Å².